The van der Waals surface area contributed by atoms with Crippen LogP contribution in [0.2, 0.25) is 0 Å². The average molecular weight is 366 g/mol. The van der Waals surface area contributed by atoms with Crippen LogP contribution < -0.4 is 10.1 Å². The van der Waals surface area contributed by atoms with Crippen molar-refractivity contribution in [2.24, 2.45) is 35.5 Å². The lowest BCUT2D eigenvalue weighted by atomic mass is 9.63. The van der Waals surface area contributed by atoms with Crippen molar-refractivity contribution in [3.05, 3.63) is 36.4 Å². The van der Waals surface area contributed by atoms with Gasteiger partial charge in [0.2, 0.25) is 17.7 Å². The van der Waals surface area contributed by atoms with Gasteiger partial charge in [-0.1, -0.05) is 18.2 Å². The topological polar surface area (TPSA) is 75.7 Å². The molecule has 1 aromatic rings. The van der Waals surface area contributed by atoms with Gasteiger partial charge in [-0.05, 0) is 42.2 Å². The van der Waals surface area contributed by atoms with Crippen molar-refractivity contribution in [1.29, 1.82) is 0 Å². The van der Waals surface area contributed by atoms with Crippen LogP contribution in [-0.4, -0.2) is 36.3 Å². The van der Waals surface area contributed by atoms with Gasteiger partial charge < -0.3 is 10.1 Å². The molecule has 0 spiro atoms. The van der Waals surface area contributed by atoms with Gasteiger partial charge in [0.1, 0.15) is 5.75 Å². The molecule has 0 radical (unpaired) electrons. The molecule has 6 atom stereocenters. The van der Waals surface area contributed by atoms with E-state index >= 15 is 0 Å². The van der Waals surface area contributed by atoms with Crippen LogP contribution in [0.1, 0.15) is 12.8 Å². The molecular formula is C21H22N2O4. The Morgan fingerprint density at radius 2 is 1.81 bits per heavy atom. The second-order valence-corrected chi connectivity index (χ2v) is 8.01. The molecule has 3 amide bonds. The Morgan fingerprint density at radius 3 is 2.44 bits per heavy atom. The summed E-state index contributed by atoms with van der Waals surface area (Å²) in [5, 5.41) is 2.80. The van der Waals surface area contributed by atoms with Crippen LogP contribution in [0, 0.1) is 35.5 Å². The number of benzene rings is 1. The molecule has 1 saturated heterocycles. The molecule has 5 aliphatic rings. The zero-order valence-corrected chi connectivity index (χ0v) is 15.1. The summed E-state index contributed by atoms with van der Waals surface area (Å²) < 4.78 is 5.14. The first-order valence-corrected chi connectivity index (χ1v) is 9.56. The first kappa shape index (κ1) is 16.5. The summed E-state index contributed by atoms with van der Waals surface area (Å²) in [6.45, 7) is 0.148. The number of nitrogens with one attached hydrogen (secondary N) is 1. The number of amides is 3. The maximum atomic E-state index is 12.9. The lowest BCUT2D eigenvalue weighted by Gasteiger charge is -2.37. The Hall–Kier alpha value is -2.63. The summed E-state index contributed by atoms with van der Waals surface area (Å²) in [5.74, 6) is 1.51. The number of hydrogen-bond acceptors (Lipinski definition) is 4. The third kappa shape index (κ3) is 2.50. The van der Waals surface area contributed by atoms with Gasteiger partial charge in [0, 0.05) is 24.7 Å². The number of ether oxygens (including phenoxy) is 1. The minimum atomic E-state index is -0.220. The van der Waals surface area contributed by atoms with E-state index in [0.29, 0.717) is 23.3 Å². The first-order chi connectivity index (χ1) is 13.1. The van der Waals surface area contributed by atoms with E-state index in [1.165, 1.54) is 4.90 Å². The molecule has 6 heteroatoms. The summed E-state index contributed by atoms with van der Waals surface area (Å²) in [6, 6.07) is 7.09. The van der Waals surface area contributed by atoms with Crippen molar-refractivity contribution in [3.8, 4) is 5.75 Å². The van der Waals surface area contributed by atoms with Gasteiger partial charge in [0.15, 0.2) is 0 Å². The maximum Gasteiger partial charge on any atom is 0.233 e. The van der Waals surface area contributed by atoms with Gasteiger partial charge in [-0.15, -0.1) is 0 Å². The molecule has 2 saturated carbocycles. The minimum absolute atomic E-state index is 0.0797. The van der Waals surface area contributed by atoms with E-state index in [4.69, 9.17) is 4.74 Å². The summed E-state index contributed by atoms with van der Waals surface area (Å²) in [4.78, 5) is 39.4. The smallest absolute Gasteiger partial charge is 0.233 e. The number of rotatable bonds is 5. The maximum absolute atomic E-state index is 12.9. The van der Waals surface area contributed by atoms with E-state index in [0.717, 1.165) is 6.42 Å². The fourth-order valence-electron chi connectivity index (χ4n) is 5.38. The number of imide groups is 1. The van der Waals surface area contributed by atoms with E-state index in [2.05, 4.69) is 17.5 Å². The molecule has 1 heterocycles. The molecule has 6 nitrogen and oxygen atoms in total. The van der Waals surface area contributed by atoms with Gasteiger partial charge >= 0.3 is 0 Å². The quantitative estimate of drug-likeness (QED) is 0.639. The number of carbonyl (C=O) groups is 3. The lowest BCUT2D eigenvalue weighted by molar-refractivity contribution is -0.140. The van der Waals surface area contributed by atoms with Crippen LogP contribution in [0.15, 0.2) is 36.4 Å². The normalized spacial score (nSPS) is 35.1. The van der Waals surface area contributed by atoms with Crippen molar-refractivity contribution in [2.45, 2.75) is 12.8 Å². The Kier molecular flexibility index (Phi) is 3.64. The Morgan fingerprint density at radius 1 is 1.15 bits per heavy atom. The summed E-state index contributed by atoms with van der Waals surface area (Å²) >= 11 is 0. The van der Waals surface area contributed by atoms with Gasteiger partial charge in [0.05, 0.1) is 18.9 Å². The molecule has 0 unspecified atom stereocenters. The molecule has 140 valence electrons. The number of carbonyl (C=O) groups excluding carboxylic acids is 3. The Bertz CT molecular complexity index is 827. The highest BCUT2D eigenvalue weighted by Gasteiger charge is 2.66. The fraction of sp³-hybridized carbons (Fsp3) is 0.476. The largest absolute Gasteiger partial charge is 0.497 e. The molecule has 1 N–H and O–H groups in total. The third-order valence-corrected chi connectivity index (χ3v) is 6.67. The predicted molar refractivity (Wildman–Crippen MR) is 97.7 cm³/mol. The number of nitrogens with zero attached hydrogens (tertiary/aromatic N) is 1. The third-order valence-electron chi connectivity index (χ3n) is 6.67. The molecule has 4 aliphatic carbocycles. The average Bonchev–Trinajstić information content (AvgIpc) is 3.45. The zero-order chi connectivity index (χ0) is 18.7. The monoisotopic (exact) mass is 366 g/mol. The van der Waals surface area contributed by atoms with E-state index in [9.17, 15) is 14.4 Å². The van der Waals surface area contributed by atoms with Gasteiger partial charge in [-0.25, -0.2) is 0 Å². The first-order valence-electron chi connectivity index (χ1n) is 9.56. The summed E-state index contributed by atoms with van der Waals surface area (Å²) in [6.07, 6.45) is 5.57. The molecule has 1 aromatic carbocycles. The number of methoxy groups -OCH3 is 1. The number of likely N-dealkylation sites (tertiary alicyclic amines) is 1. The Balaban J connectivity index is 1.24. The highest BCUT2D eigenvalue weighted by molar-refractivity contribution is 6.06. The molecule has 2 bridgehead atoms. The number of hydrogen-bond donors (Lipinski definition) is 1. The van der Waals surface area contributed by atoms with E-state index < -0.39 is 0 Å². The van der Waals surface area contributed by atoms with Crippen molar-refractivity contribution < 1.29 is 19.1 Å². The fourth-order valence-corrected chi connectivity index (χ4v) is 5.38. The van der Waals surface area contributed by atoms with Crippen molar-refractivity contribution >= 4 is 23.4 Å². The SMILES string of the molecule is COc1cccc(NC(=O)CCN2C(=O)[C@@H]3[C@@H]4C=C[C@H]([C@H]5C[C@H]45)[C@@H]3C2=O)c1. The van der Waals surface area contributed by atoms with Gasteiger partial charge in [0.25, 0.3) is 0 Å². The van der Waals surface area contributed by atoms with Crippen LogP contribution in [0.4, 0.5) is 5.69 Å². The zero-order valence-electron chi connectivity index (χ0n) is 15.1. The highest BCUT2D eigenvalue weighted by Crippen LogP contribution is 2.65. The van der Waals surface area contributed by atoms with Crippen LogP contribution in [0.25, 0.3) is 0 Å². The van der Waals surface area contributed by atoms with Crippen LogP contribution in [-0.2, 0) is 14.4 Å². The Labute approximate surface area is 157 Å². The lowest BCUT2D eigenvalue weighted by Crippen LogP contribution is -2.40. The van der Waals surface area contributed by atoms with E-state index in [1.54, 1.807) is 31.4 Å². The molecule has 6 rings (SSSR count). The van der Waals surface area contributed by atoms with Crippen LogP contribution in [0.3, 0.4) is 0 Å². The summed E-state index contributed by atoms with van der Waals surface area (Å²) in [7, 11) is 1.57. The van der Waals surface area contributed by atoms with E-state index in [-0.39, 0.29) is 54.4 Å². The van der Waals surface area contributed by atoms with E-state index in [1.807, 2.05) is 0 Å². The standard InChI is InChI=1S/C21H22N2O4/c1-27-12-4-2-3-11(9-12)22-17(24)7-8-23-20(25)18-13-5-6-14(16-10-15(13)16)19(18)21(23)26/h2-6,9,13-16,18-19H,7-8,10H2,1H3,(H,22,24)/t13-,14-,15-,16-,18-,19+/m1/s1. The van der Waals surface area contributed by atoms with Crippen molar-refractivity contribution in [3.63, 3.8) is 0 Å². The molecule has 27 heavy (non-hydrogen) atoms. The predicted octanol–water partition coefficient (Wildman–Crippen LogP) is 2.08. The molecule has 1 aliphatic heterocycles. The van der Waals surface area contributed by atoms with Crippen molar-refractivity contribution in [2.75, 3.05) is 19.0 Å². The van der Waals surface area contributed by atoms with Crippen molar-refractivity contribution in [1.82, 2.24) is 4.90 Å². The second kappa shape index (κ2) is 5.94. The van der Waals surface area contributed by atoms with Crippen LogP contribution >= 0.6 is 0 Å². The minimum Gasteiger partial charge on any atom is -0.497 e. The molecular weight excluding hydrogens is 344 g/mol. The van der Waals surface area contributed by atoms with Gasteiger partial charge in [-0.3, -0.25) is 19.3 Å². The number of anilines is 1. The highest BCUT2D eigenvalue weighted by atomic mass is 16.5. The molecule has 0 aromatic heterocycles. The van der Waals surface area contributed by atoms with Gasteiger partial charge in [-0.2, -0.15) is 0 Å². The number of allylic oxidation sites excluding steroid dienone is 2. The second-order valence-electron chi connectivity index (χ2n) is 8.01. The van der Waals surface area contributed by atoms with Crippen LogP contribution in [0.5, 0.6) is 5.75 Å². The summed E-state index contributed by atoms with van der Waals surface area (Å²) in [5.41, 5.74) is 0.634. The molecule has 3 fully saturated rings.